The smallest absolute Gasteiger partial charge is 0.335 e. The van der Waals surface area contributed by atoms with Gasteiger partial charge in [-0.3, -0.25) is 0 Å². The van der Waals surface area contributed by atoms with Gasteiger partial charge in [0.1, 0.15) is 12.4 Å². The van der Waals surface area contributed by atoms with E-state index in [1.165, 1.54) is 30.6 Å². The molecule has 2 rings (SSSR count). The van der Waals surface area contributed by atoms with Gasteiger partial charge in [-0.25, -0.2) is 9.78 Å². The van der Waals surface area contributed by atoms with Crippen LogP contribution in [0.25, 0.3) is 0 Å². The molecule has 0 bridgehead atoms. The van der Waals surface area contributed by atoms with E-state index in [4.69, 9.17) is 14.6 Å². The molecule has 0 amide bonds. The molecule has 0 saturated heterocycles. The zero-order valence-electron chi connectivity index (χ0n) is 9.62. The van der Waals surface area contributed by atoms with Crippen LogP contribution in [0.1, 0.15) is 15.9 Å². The number of thiazole rings is 1. The van der Waals surface area contributed by atoms with Crippen LogP contribution in [0, 0.1) is 0 Å². The minimum atomic E-state index is -0.985. The lowest BCUT2D eigenvalue weighted by Crippen LogP contribution is -2.02. The molecule has 0 aliphatic heterocycles. The predicted octanol–water partition coefficient (Wildman–Crippen LogP) is 2.43. The van der Waals surface area contributed by atoms with Gasteiger partial charge in [-0.2, -0.15) is 0 Å². The van der Waals surface area contributed by atoms with Crippen molar-refractivity contribution in [3.05, 3.63) is 40.9 Å². The second-order valence-electron chi connectivity index (χ2n) is 3.42. The van der Waals surface area contributed by atoms with Crippen molar-refractivity contribution in [3.8, 4) is 10.9 Å². The summed E-state index contributed by atoms with van der Waals surface area (Å²) in [5, 5.41) is 11.3. The summed E-state index contributed by atoms with van der Waals surface area (Å²) >= 11 is 1.40. The van der Waals surface area contributed by atoms with Gasteiger partial charge in [-0.15, -0.1) is 0 Å². The first-order valence-electron chi connectivity index (χ1n) is 5.13. The molecular formula is C12H11NO4S. The summed E-state index contributed by atoms with van der Waals surface area (Å²) in [5.74, 6) is -0.493. The van der Waals surface area contributed by atoms with Crippen LogP contribution in [-0.2, 0) is 6.61 Å². The summed E-state index contributed by atoms with van der Waals surface area (Å²) in [6.07, 6.45) is 1.66. The molecule has 1 N–H and O–H groups in total. The number of carboxylic acid groups (broad SMARTS) is 1. The van der Waals surface area contributed by atoms with Crippen molar-refractivity contribution >= 4 is 17.3 Å². The molecule has 0 saturated carbocycles. The highest BCUT2D eigenvalue weighted by molar-refractivity contribution is 7.11. The molecule has 0 aliphatic carbocycles. The fraction of sp³-hybridized carbons (Fsp3) is 0.167. The highest BCUT2D eigenvalue weighted by Crippen LogP contribution is 2.23. The highest BCUT2D eigenvalue weighted by Gasteiger charge is 2.09. The first kappa shape index (κ1) is 12.4. The normalized spacial score (nSPS) is 10.1. The Morgan fingerprint density at radius 1 is 1.50 bits per heavy atom. The van der Waals surface area contributed by atoms with Crippen LogP contribution >= 0.6 is 11.3 Å². The molecule has 0 atom stereocenters. The maximum Gasteiger partial charge on any atom is 0.335 e. The number of carboxylic acids is 1. The summed E-state index contributed by atoms with van der Waals surface area (Å²) in [6, 6.07) is 4.67. The third-order valence-electron chi connectivity index (χ3n) is 2.29. The summed E-state index contributed by atoms with van der Waals surface area (Å²) in [4.78, 5) is 14.8. The number of rotatable bonds is 5. The molecular weight excluding hydrogens is 254 g/mol. The Morgan fingerprint density at radius 3 is 2.94 bits per heavy atom. The molecule has 0 radical (unpaired) electrons. The van der Waals surface area contributed by atoms with Gasteiger partial charge in [0, 0.05) is 17.1 Å². The van der Waals surface area contributed by atoms with Crippen LogP contribution in [0.15, 0.2) is 29.8 Å². The topological polar surface area (TPSA) is 68.7 Å². The second-order valence-corrected chi connectivity index (χ2v) is 4.28. The maximum atomic E-state index is 10.8. The summed E-state index contributed by atoms with van der Waals surface area (Å²) in [6.45, 7) is 0.288. The van der Waals surface area contributed by atoms with E-state index < -0.39 is 5.97 Å². The number of ether oxygens (including phenoxy) is 2. The minimum Gasteiger partial charge on any atom is -0.496 e. The minimum absolute atomic E-state index is 0.185. The maximum absolute atomic E-state index is 10.8. The highest BCUT2D eigenvalue weighted by atomic mass is 32.1. The van der Waals surface area contributed by atoms with E-state index in [-0.39, 0.29) is 12.2 Å². The molecule has 1 heterocycles. The van der Waals surface area contributed by atoms with E-state index in [9.17, 15) is 4.79 Å². The summed E-state index contributed by atoms with van der Waals surface area (Å²) < 4.78 is 10.6. The molecule has 94 valence electrons. The number of hydrogen-bond donors (Lipinski definition) is 1. The van der Waals surface area contributed by atoms with Gasteiger partial charge in [-0.1, -0.05) is 17.4 Å². The Bertz CT molecular complexity index is 539. The largest absolute Gasteiger partial charge is 0.496 e. The third kappa shape index (κ3) is 2.78. The standard InChI is InChI=1S/C12H11NO4S/c1-16-10-6-8(11(14)15)2-3-9(10)7-17-12-13-4-5-18-12/h2-6H,7H2,1H3,(H,14,15). The van der Waals surface area contributed by atoms with E-state index in [2.05, 4.69) is 4.98 Å². The molecule has 0 fully saturated rings. The van der Waals surface area contributed by atoms with Crippen molar-refractivity contribution in [2.75, 3.05) is 7.11 Å². The zero-order chi connectivity index (χ0) is 13.0. The van der Waals surface area contributed by atoms with Crippen LogP contribution < -0.4 is 9.47 Å². The van der Waals surface area contributed by atoms with Crippen LogP contribution in [0.4, 0.5) is 0 Å². The van der Waals surface area contributed by atoms with E-state index >= 15 is 0 Å². The number of hydrogen-bond acceptors (Lipinski definition) is 5. The Kier molecular flexibility index (Phi) is 3.78. The number of nitrogens with zero attached hydrogens (tertiary/aromatic N) is 1. The SMILES string of the molecule is COc1cc(C(=O)O)ccc1COc1nccs1. The van der Waals surface area contributed by atoms with Crippen molar-refractivity contribution in [1.29, 1.82) is 0 Å². The number of methoxy groups -OCH3 is 1. The van der Waals surface area contributed by atoms with Crippen LogP contribution in [0.5, 0.6) is 10.9 Å². The summed E-state index contributed by atoms with van der Waals surface area (Å²) in [5.41, 5.74) is 0.961. The van der Waals surface area contributed by atoms with Crippen LogP contribution in [0.3, 0.4) is 0 Å². The lowest BCUT2D eigenvalue weighted by molar-refractivity contribution is 0.0696. The fourth-order valence-corrected chi connectivity index (χ4v) is 1.90. The Labute approximate surface area is 108 Å². The number of carbonyl (C=O) groups is 1. The van der Waals surface area contributed by atoms with Crippen molar-refractivity contribution < 1.29 is 19.4 Å². The molecule has 2 aromatic rings. The van der Waals surface area contributed by atoms with Gasteiger partial charge >= 0.3 is 5.97 Å². The quantitative estimate of drug-likeness (QED) is 0.899. The molecule has 5 nitrogen and oxygen atoms in total. The molecule has 0 spiro atoms. The van der Waals surface area contributed by atoms with Crippen molar-refractivity contribution in [1.82, 2.24) is 4.98 Å². The Hall–Kier alpha value is -2.08. The molecule has 1 aromatic carbocycles. The van der Waals surface area contributed by atoms with Crippen LogP contribution in [-0.4, -0.2) is 23.2 Å². The van der Waals surface area contributed by atoms with Gasteiger partial charge in [0.2, 0.25) is 0 Å². The van der Waals surface area contributed by atoms with Gasteiger partial charge < -0.3 is 14.6 Å². The first-order valence-corrected chi connectivity index (χ1v) is 6.01. The second kappa shape index (κ2) is 5.50. The number of benzene rings is 1. The molecule has 0 aliphatic rings. The molecule has 1 aromatic heterocycles. The zero-order valence-corrected chi connectivity index (χ0v) is 10.4. The molecule has 18 heavy (non-hydrogen) atoms. The molecule has 0 unspecified atom stereocenters. The van der Waals surface area contributed by atoms with Crippen molar-refractivity contribution in [2.45, 2.75) is 6.61 Å². The average Bonchev–Trinajstić information content (AvgIpc) is 2.89. The lowest BCUT2D eigenvalue weighted by Gasteiger charge is -2.09. The number of aromatic nitrogens is 1. The van der Waals surface area contributed by atoms with E-state index in [0.29, 0.717) is 10.9 Å². The van der Waals surface area contributed by atoms with Crippen LogP contribution in [0.2, 0.25) is 0 Å². The fourth-order valence-electron chi connectivity index (χ4n) is 1.42. The van der Waals surface area contributed by atoms with Gasteiger partial charge in [0.15, 0.2) is 0 Å². The van der Waals surface area contributed by atoms with Gasteiger partial charge in [0.05, 0.1) is 12.7 Å². The van der Waals surface area contributed by atoms with Crippen molar-refractivity contribution in [3.63, 3.8) is 0 Å². The predicted molar refractivity (Wildman–Crippen MR) is 66.4 cm³/mol. The monoisotopic (exact) mass is 265 g/mol. The molecule has 6 heteroatoms. The lowest BCUT2D eigenvalue weighted by atomic mass is 10.1. The van der Waals surface area contributed by atoms with Gasteiger partial charge in [-0.05, 0) is 12.1 Å². The first-order chi connectivity index (χ1) is 8.70. The van der Waals surface area contributed by atoms with E-state index in [1.807, 2.05) is 5.38 Å². The van der Waals surface area contributed by atoms with Gasteiger partial charge in [0.25, 0.3) is 5.19 Å². The van der Waals surface area contributed by atoms with E-state index in [1.54, 1.807) is 12.3 Å². The van der Waals surface area contributed by atoms with E-state index in [0.717, 1.165) is 5.56 Å². The average molecular weight is 265 g/mol. The van der Waals surface area contributed by atoms with Crippen molar-refractivity contribution in [2.24, 2.45) is 0 Å². The number of aromatic carboxylic acids is 1. The third-order valence-corrected chi connectivity index (χ3v) is 2.98. The Balaban J connectivity index is 2.14. The Morgan fingerprint density at radius 2 is 2.33 bits per heavy atom. The summed E-state index contributed by atoms with van der Waals surface area (Å²) in [7, 11) is 1.49.